The lowest BCUT2D eigenvalue weighted by atomic mass is 10.9. The van der Waals surface area contributed by atoms with Crippen molar-refractivity contribution in [3.8, 4) is 0 Å². The van der Waals surface area contributed by atoms with E-state index in [1.54, 1.807) is 0 Å². The van der Waals surface area contributed by atoms with Gasteiger partial charge in [-0.3, -0.25) is 0 Å². The van der Waals surface area contributed by atoms with E-state index >= 15 is 0 Å². The summed E-state index contributed by atoms with van der Waals surface area (Å²) in [5, 5.41) is 0. The van der Waals surface area contributed by atoms with Gasteiger partial charge in [-0.1, -0.05) is 25.7 Å². The normalized spacial score (nSPS) is 13.8. The molecule has 80 valence electrons. The smallest absolute Gasteiger partial charge is 0.172 e. The van der Waals surface area contributed by atoms with Gasteiger partial charge < -0.3 is 4.12 Å². The van der Waals surface area contributed by atoms with Crippen molar-refractivity contribution in [3.63, 3.8) is 0 Å². The fourth-order valence-corrected chi connectivity index (χ4v) is 12.4. The molecule has 0 aromatic heterocycles. The Bertz CT molecular complexity index is 149. The largest absolute Gasteiger partial charge is 0.458 e. The van der Waals surface area contributed by atoms with Crippen LogP contribution in [-0.2, 0) is 4.12 Å². The third-order valence-corrected chi connectivity index (χ3v) is 10.2. The Morgan fingerprint density at radius 2 is 1.38 bits per heavy atom. The van der Waals surface area contributed by atoms with E-state index in [4.69, 9.17) is 4.12 Å². The zero-order valence-electron chi connectivity index (χ0n) is 10.4. The van der Waals surface area contributed by atoms with Crippen molar-refractivity contribution in [3.05, 3.63) is 0 Å². The average molecular weight is 235 g/mol. The average Bonchev–Trinajstić information content (AvgIpc) is 1.79. The lowest BCUT2D eigenvalue weighted by Crippen LogP contribution is -2.37. The van der Waals surface area contributed by atoms with Crippen molar-refractivity contribution >= 4 is 25.4 Å². The maximum Gasteiger partial charge on any atom is 0.172 e. The van der Waals surface area contributed by atoms with Gasteiger partial charge in [0.15, 0.2) is 17.4 Å². The van der Waals surface area contributed by atoms with Crippen LogP contribution in [0.3, 0.4) is 0 Å². The zero-order valence-corrected chi connectivity index (χ0v) is 13.6. The van der Waals surface area contributed by atoms with Gasteiger partial charge in [0.1, 0.15) is 0 Å². The summed E-state index contributed by atoms with van der Waals surface area (Å²) in [5.41, 5.74) is 0. The van der Waals surface area contributed by atoms with Gasteiger partial charge in [0.25, 0.3) is 0 Å². The molecule has 0 aromatic rings. The fourth-order valence-electron chi connectivity index (χ4n) is 1.37. The van der Waals surface area contributed by atoms with Crippen LogP contribution in [-0.4, -0.2) is 25.4 Å². The highest BCUT2D eigenvalue weighted by molar-refractivity contribution is 6.81. The molecule has 0 aromatic carbocycles. The molecule has 0 N–H and O–H groups in total. The lowest BCUT2D eigenvalue weighted by Gasteiger charge is -2.28. The minimum Gasteiger partial charge on any atom is -0.458 e. The van der Waals surface area contributed by atoms with Crippen molar-refractivity contribution in [2.45, 2.75) is 57.9 Å². The zero-order chi connectivity index (χ0) is 10.7. The Balaban J connectivity index is 3.89. The molecule has 0 atom stereocenters. The van der Waals surface area contributed by atoms with Crippen LogP contribution in [0.25, 0.3) is 0 Å². The van der Waals surface area contributed by atoms with Crippen LogP contribution in [0.5, 0.6) is 0 Å². The van der Waals surface area contributed by atoms with Gasteiger partial charge >= 0.3 is 0 Å². The molecule has 0 unspecified atom stereocenters. The summed E-state index contributed by atoms with van der Waals surface area (Å²) in [7, 11) is -2.93. The van der Waals surface area contributed by atoms with E-state index in [0.717, 1.165) is 0 Å². The van der Waals surface area contributed by atoms with Crippen LogP contribution in [0.1, 0.15) is 0 Å². The van der Waals surface area contributed by atoms with E-state index in [-0.39, 0.29) is 0 Å². The molecule has 0 rings (SSSR count). The van der Waals surface area contributed by atoms with Crippen LogP contribution < -0.4 is 0 Å². The van der Waals surface area contributed by atoms with Crippen LogP contribution in [0.4, 0.5) is 0 Å². The highest BCUT2D eigenvalue weighted by Crippen LogP contribution is 2.21. The standard InChI is InChI=1S/C9H26OSi3/c1-11(2)10-13(6,7)9-8-12(3,4)5/h11H,8-9H2,1-7H3. The lowest BCUT2D eigenvalue weighted by molar-refractivity contribution is 0.573. The fraction of sp³-hybridized carbons (Fsp3) is 1.00. The maximum atomic E-state index is 6.13. The highest BCUT2D eigenvalue weighted by atomic mass is 28.4. The minimum atomic E-state index is -1.28. The van der Waals surface area contributed by atoms with E-state index in [9.17, 15) is 0 Å². The first-order chi connectivity index (χ1) is 5.62. The Hall–Kier alpha value is 0.611. The predicted octanol–water partition coefficient (Wildman–Crippen LogP) is 3.53. The van der Waals surface area contributed by atoms with E-state index in [2.05, 4.69) is 45.8 Å². The van der Waals surface area contributed by atoms with Crippen molar-refractivity contribution in [2.24, 2.45) is 0 Å². The monoisotopic (exact) mass is 234 g/mol. The molecule has 0 saturated carbocycles. The first-order valence-electron chi connectivity index (χ1n) is 5.30. The van der Waals surface area contributed by atoms with Gasteiger partial charge in [0.05, 0.1) is 0 Å². The second-order valence-electron chi connectivity index (χ2n) is 5.99. The quantitative estimate of drug-likeness (QED) is 0.661. The van der Waals surface area contributed by atoms with Gasteiger partial charge in [0.2, 0.25) is 0 Å². The number of hydrogen-bond acceptors (Lipinski definition) is 1. The van der Waals surface area contributed by atoms with Crippen LogP contribution in [0.2, 0.25) is 57.9 Å². The van der Waals surface area contributed by atoms with E-state index in [1.807, 2.05) is 0 Å². The molecule has 0 heterocycles. The van der Waals surface area contributed by atoms with Gasteiger partial charge in [-0.2, -0.15) is 0 Å². The molecule has 1 nitrogen and oxygen atoms in total. The molecule has 13 heavy (non-hydrogen) atoms. The van der Waals surface area contributed by atoms with Crippen LogP contribution in [0.15, 0.2) is 0 Å². The maximum absolute atomic E-state index is 6.13. The summed E-state index contributed by atoms with van der Waals surface area (Å²) in [6, 6.07) is 2.81. The molecule has 0 bridgehead atoms. The molecule has 0 radical (unpaired) electrons. The summed E-state index contributed by atoms with van der Waals surface area (Å²) in [4.78, 5) is 0. The Labute approximate surface area is 87.8 Å². The second-order valence-corrected chi connectivity index (χ2v) is 18.7. The first-order valence-corrected chi connectivity index (χ1v) is 14.9. The van der Waals surface area contributed by atoms with Crippen LogP contribution in [0, 0.1) is 0 Å². The minimum absolute atomic E-state index is 0.804. The molecule has 0 spiro atoms. The van der Waals surface area contributed by atoms with Crippen LogP contribution >= 0.6 is 0 Å². The third-order valence-electron chi connectivity index (χ3n) is 2.03. The molecule has 0 aliphatic carbocycles. The number of hydrogen-bond donors (Lipinski definition) is 0. The molecule has 0 amide bonds. The molecule has 4 heteroatoms. The second kappa shape index (κ2) is 4.91. The van der Waals surface area contributed by atoms with Gasteiger partial charge in [-0.25, -0.2) is 0 Å². The van der Waals surface area contributed by atoms with Gasteiger partial charge in [-0.05, 0) is 32.2 Å². The molecular formula is C9H26OSi3. The van der Waals surface area contributed by atoms with Gasteiger partial charge in [0, 0.05) is 8.07 Å². The third kappa shape index (κ3) is 8.93. The van der Waals surface area contributed by atoms with E-state index < -0.39 is 25.4 Å². The number of rotatable bonds is 5. The summed E-state index contributed by atoms with van der Waals surface area (Å²) in [6.45, 7) is 16.7. The molecule has 0 saturated heterocycles. The molecule has 0 fully saturated rings. The predicted molar refractivity (Wildman–Crippen MR) is 70.4 cm³/mol. The van der Waals surface area contributed by atoms with E-state index in [1.165, 1.54) is 12.1 Å². The van der Waals surface area contributed by atoms with Crippen molar-refractivity contribution in [1.29, 1.82) is 0 Å². The summed E-state index contributed by atoms with van der Waals surface area (Å²) in [5.74, 6) is 0. The highest BCUT2D eigenvalue weighted by Gasteiger charge is 2.26. The van der Waals surface area contributed by atoms with Crippen molar-refractivity contribution in [2.75, 3.05) is 0 Å². The summed E-state index contributed by atoms with van der Waals surface area (Å²) in [6.07, 6.45) is 0. The Morgan fingerprint density at radius 1 is 0.923 bits per heavy atom. The topological polar surface area (TPSA) is 9.23 Å². The van der Waals surface area contributed by atoms with Crippen molar-refractivity contribution in [1.82, 2.24) is 0 Å². The summed E-state index contributed by atoms with van der Waals surface area (Å²) < 4.78 is 6.13. The SMILES string of the molecule is C[SiH](C)O[Si](C)(C)CC[Si](C)(C)C. The van der Waals surface area contributed by atoms with Crippen molar-refractivity contribution < 1.29 is 4.12 Å². The Morgan fingerprint density at radius 3 is 1.69 bits per heavy atom. The molecule has 0 aliphatic heterocycles. The molecule has 0 aliphatic rings. The van der Waals surface area contributed by atoms with E-state index in [0.29, 0.717) is 0 Å². The van der Waals surface area contributed by atoms with Gasteiger partial charge in [-0.15, -0.1) is 0 Å². The summed E-state index contributed by atoms with van der Waals surface area (Å²) >= 11 is 0. The Kier molecular flexibility index (Phi) is 5.14. The molecular weight excluding hydrogens is 208 g/mol. The first kappa shape index (κ1) is 13.6.